The summed E-state index contributed by atoms with van der Waals surface area (Å²) in [7, 11) is 3.87. The summed E-state index contributed by atoms with van der Waals surface area (Å²) in [5.41, 5.74) is 1.04. The lowest BCUT2D eigenvalue weighted by Crippen LogP contribution is -2.37. The number of unbranched alkanes of at least 4 members (excludes halogenated alkanes) is 2. The molecule has 1 aromatic carbocycles. The maximum Gasteiger partial charge on any atom is 0.241 e. The number of benzene rings is 1. The molecule has 18 heavy (non-hydrogen) atoms. The fourth-order valence-electron chi connectivity index (χ4n) is 2.00. The zero-order valence-electron chi connectivity index (χ0n) is 11.6. The van der Waals surface area contributed by atoms with Gasteiger partial charge >= 0.3 is 0 Å². The van der Waals surface area contributed by atoms with Crippen LogP contribution in [0.15, 0.2) is 30.3 Å². The summed E-state index contributed by atoms with van der Waals surface area (Å²) >= 11 is 0. The minimum atomic E-state index is -0.201. The number of rotatable bonds is 7. The molecule has 0 bridgehead atoms. The second-order valence-corrected chi connectivity index (χ2v) is 4.77. The molecule has 1 aromatic rings. The van der Waals surface area contributed by atoms with Crippen LogP contribution in [-0.2, 0) is 4.79 Å². The standard InChI is InChI=1S/C15H24N2O/c1-4-5-9-12-16-15(18)14(17(2)3)13-10-7-6-8-11-13/h6-8,10-11,14H,4-5,9,12H2,1-3H3,(H,16,18). The molecule has 0 aliphatic rings. The van der Waals surface area contributed by atoms with E-state index in [-0.39, 0.29) is 11.9 Å². The van der Waals surface area contributed by atoms with Crippen molar-refractivity contribution < 1.29 is 4.79 Å². The molecule has 0 fully saturated rings. The van der Waals surface area contributed by atoms with Crippen molar-refractivity contribution in [3.63, 3.8) is 0 Å². The Morgan fingerprint density at radius 1 is 1.22 bits per heavy atom. The largest absolute Gasteiger partial charge is 0.354 e. The molecule has 3 nitrogen and oxygen atoms in total. The maximum atomic E-state index is 12.2. The first-order chi connectivity index (χ1) is 8.66. The molecule has 0 aliphatic heterocycles. The van der Waals surface area contributed by atoms with Gasteiger partial charge in [0.05, 0.1) is 0 Å². The SMILES string of the molecule is CCCCCNC(=O)C(c1ccccc1)N(C)C. The highest BCUT2D eigenvalue weighted by Crippen LogP contribution is 2.17. The molecule has 1 unspecified atom stereocenters. The Hall–Kier alpha value is -1.35. The molecular formula is C15H24N2O. The third-order valence-electron chi connectivity index (χ3n) is 2.96. The number of nitrogens with one attached hydrogen (secondary N) is 1. The molecule has 1 rings (SSSR count). The first-order valence-electron chi connectivity index (χ1n) is 6.66. The van der Waals surface area contributed by atoms with Crippen LogP contribution in [0.2, 0.25) is 0 Å². The first-order valence-corrected chi connectivity index (χ1v) is 6.66. The van der Waals surface area contributed by atoms with E-state index in [0.717, 1.165) is 24.9 Å². The Kier molecular flexibility index (Phi) is 6.44. The van der Waals surface area contributed by atoms with Gasteiger partial charge in [0, 0.05) is 6.54 Å². The second kappa shape index (κ2) is 7.88. The maximum absolute atomic E-state index is 12.2. The Bertz CT molecular complexity index is 349. The van der Waals surface area contributed by atoms with Gasteiger partial charge in [-0.15, -0.1) is 0 Å². The van der Waals surface area contributed by atoms with Crippen molar-refractivity contribution in [3.8, 4) is 0 Å². The smallest absolute Gasteiger partial charge is 0.241 e. The molecule has 3 heteroatoms. The van der Waals surface area contributed by atoms with E-state index in [1.807, 2.05) is 49.3 Å². The summed E-state index contributed by atoms with van der Waals surface area (Å²) in [6, 6.07) is 9.70. The highest BCUT2D eigenvalue weighted by atomic mass is 16.2. The Labute approximate surface area is 110 Å². The molecular weight excluding hydrogens is 224 g/mol. The molecule has 0 radical (unpaired) electrons. The lowest BCUT2D eigenvalue weighted by molar-refractivity contribution is -0.125. The van der Waals surface area contributed by atoms with Gasteiger partial charge in [0.25, 0.3) is 0 Å². The van der Waals surface area contributed by atoms with Gasteiger partial charge in [-0.3, -0.25) is 9.69 Å². The minimum Gasteiger partial charge on any atom is -0.354 e. The zero-order chi connectivity index (χ0) is 13.4. The van der Waals surface area contributed by atoms with Crippen molar-refractivity contribution in [1.29, 1.82) is 0 Å². The third-order valence-corrected chi connectivity index (χ3v) is 2.96. The number of amides is 1. The van der Waals surface area contributed by atoms with Crippen molar-refractivity contribution in [2.24, 2.45) is 0 Å². The summed E-state index contributed by atoms with van der Waals surface area (Å²) in [5.74, 6) is 0.0855. The topological polar surface area (TPSA) is 32.3 Å². The average Bonchev–Trinajstić information content (AvgIpc) is 2.36. The molecule has 0 aliphatic carbocycles. The predicted octanol–water partition coefficient (Wildman–Crippen LogP) is 2.60. The quantitative estimate of drug-likeness (QED) is 0.752. The number of carbonyl (C=O) groups excluding carboxylic acids is 1. The molecule has 1 N–H and O–H groups in total. The third kappa shape index (κ3) is 4.49. The fourth-order valence-corrected chi connectivity index (χ4v) is 2.00. The molecule has 0 saturated carbocycles. The van der Waals surface area contributed by atoms with E-state index < -0.39 is 0 Å². The summed E-state index contributed by atoms with van der Waals surface area (Å²) in [6.07, 6.45) is 3.39. The van der Waals surface area contributed by atoms with Crippen LogP contribution in [0.3, 0.4) is 0 Å². The molecule has 1 amide bonds. The van der Waals surface area contributed by atoms with Crippen LogP contribution in [0.4, 0.5) is 0 Å². The van der Waals surface area contributed by atoms with Crippen molar-refractivity contribution >= 4 is 5.91 Å². The van der Waals surface area contributed by atoms with Crippen molar-refractivity contribution in [1.82, 2.24) is 10.2 Å². The van der Waals surface area contributed by atoms with E-state index in [9.17, 15) is 4.79 Å². The summed E-state index contributed by atoms with van der Waals surface area (Å²) in [4.78, 5) is 14.1. The number of likely N-dealkylation sites (N-methyl/N-ethyl adjacent to an activating group) is 1. The first kappa shape index (κ1) is 14.7. The summed E-state index contributed by atoms with van der Waals surface area (Å²) in [5, 5.41) is 3.02. The van der Waals surface area contributed by atoms with Crippen LogP contribution in [0.25, 0.3) is 0 Å². The van der Waals surface area contributed by atoms with E-state index in [2.05, 4.69) is 12.2 Å². The predicted molar refractivity (Wildman–Crippen MR) is 75.4 cm³/mol. The molecule has 0 heterocycles. The van der Waals surface area contributed by atoms with Crippen molar-refractivity contribution in [2.45, 2.75) is 32.2 Å². The average molecular weight is 248 g/mol. The monoisotopic (exact) mass is 248 g/mol. The van der Waals surface area contributed by atoms with Gasteiger partial charge in [0.1, 0.15) is 6.04 Å². The molecule has 0 spiro atoms. The van der Waals surface area contributed by atoms with Crippen molar-refractivity contribution in [2.75, 3.05) is 20.6 Å². The van der Waals surface area contributed by atoms with E-state index in [1.54, 1.807) is 0 Å². The highest BCUT2D eigenvalue weighted by molar-refractivity contribution is 5.83. The number of hydrogen-bond acceptors (Lipinski definition) is 2. The van der Waals surface area contributed by atoms with Gasteiger partial charge in [0.15, 0.2) is 0 Å². The van der Waals surface area contributed by atoms with Gasteiger partial charge in [-0.2, -0.15) is 0 Å². The van der Waals surface area contributed by atoms with Crippen LogP contribution in [0.5, 0.6) is 0 Å². The molecule has 1 atom stereocenters. The summed E-state index contributed by atoms with van der Waals surface area (Å²) < 4.78 is 0. The number of nitrogens with zero attached hydrogens (tertiary/aromatic N) is 1. The fraction of sp³-hybridized carbons (Fsp3) is 0.533. The van der Waals surface area contributed by atoms with Crippen LogP contribution in [0, 0.1) is 0 Å². The van der Waals surface area contributed by atoms with E-state index in [0.29, 0.717) is 0 Å². The van der Waals surface area contributed by atoms with E-state index in [4.69, 9.17) is 0 Å². The lowest BCUT2D eigenvalue weighted by atomic mass is 10.1. The van der Waals surface area contributed by atoms with E-state index in [1.165, 1.54) is 6.42 Å². The molecule has 0 saturated heterocycles. The number of carbonyl (C=O) groups is 1. The van der Waals surface area contributed by atoms with E-state index >= 15 is 0 Å². The molecule has 0 aromatic heterocycles. The lowest BCUT2D eigenvalue weighted by Gasteiger charge is -2.23. The number of hydrogen-bond donors (Lipinski definition) is 1. The van der Waals surface area contributed by atoms with Gasteiger partial charge in [-0.05, 0) is 26.1 Å². The Morgan fingerprint density at radius 3 is 2.44 bits per heavy atom. The van der Waals surface area contributed by atoms with Crippen LogP contribution in [-0.4, -0.2) is 31.4 Å². The van der Waals surface area contributed by atoms with Crippen LogP contribution >= 0.6 is 0 Å². The minimum absolute atomic E-state index is 0.0855. The van der Waals surface area contributed by atoms with Crippen LogP contribution < -0.4 is 5.32 Å². The van der Waals surface area contributed by atoms with Gasteiger partial charge in [-0.1, -0.05) is 50.1 Å². The highest BCUT2D eigenvalue weighted by Gasteiger charge is 2.21. The zero-order valence-corrected chi connectivity index (χ0v) is 11.6. The molecule has 100 valence electrons. The second-order valence-electron chi connectivity index (χ2n) is 4.77. The van der Waals surface area contributed by atoms with Gasteiger partial charge < -0.3 is 5.32 Å². The Morgan fingerprint density at radius 2 is 1.89 bits per heavy atom. The van der Waals surface area contributed by atoms with Crippen LogP contribution in [0.1, 0.15) is 37.8 Å². The Balaban J connectivity index is 2.60. The van der Waals surface area contributed by atoms with Gasteiger partial charge in [-0.25, -0.2) is 0 Å². The summed E-state index contributed by atoms with van der Waals surface area (Å²) in [6.45, 7) is 2.93. The normalized spacial score (nSPS) is 12.4. The van der Waals surface area contributed by atoms with Gasteiger partial charge in [0.2, 0.25) is 5.91 Å². The van der Waals surface area contributed by atoms with Crippen molar-refractivity contribution in [3.05, 3.63) is 35.9 Å².